The molecule has 7 heteroatoms. The molecule has 1 aliphatic heterocycles. The Labute approximate surface area is 123 Å². The average molecular weight is 304 g/mol. The largest absolute Gasteiger partial charge is 0.229 e. The fourth-order valence-corrected chi connectivity index (χ4v) is 3.87. The lowest BCUT2D eigenvalue weighted by Gasteiger charge is -2.14. The second kappa shape index (κ2) is 5.87. The molecule has 0 saturated carbocycles. The Bertz CT molecular complexity index is 713. The molecule has 110 valence electrons. The van der Waals surface area contributed by atoms with Crippen LogP contribution in [-0.2, 0) is 15.8 Å². The minimum atomic E-state index is -3.31. The van der Waals surface area contributed by atoms with Gasteiger partial charge in [0.15, 0.2) is 5.82 Å². The SMILES string of the molecule is O=S(=O)(Cc1cnnc(-c2ccccc2)n1)N1CCCC1. The van der Waals surface area contributed by atoms with Crippen LogP contribution in [0, 0.1) is 0 Å². The quantitative estimate of drug-likeness (QED) is 0.855. The lowest BCUT2D eigenvalue weighted by atomic mass is 10.2. The molecule has 2 aromatic rings. The van der Waals surface area contributed by atoms with Gasteiger partial charge in [-0.05, 0) is 12.8 Å². The zero-order valence-electron chi connectivity index (χ0n) is 11.5. The van der Waals surface area contributed by atoms with Crippen LogP contribution in [0.2, 0.25) is 0 Å². The number of hydrogen-bond acceptors (Lipinski definition) is 5. The fraction of sp³-hybridized carbons (Fsp3) is 0.357. The second-order valence-electron chi connectivity index (χ2n) is 5.00. The first kappa shape index (κ1) is 14.1. The van der Waals surface area contributed by atoms with Crippen molar-refractivity contribution in [2.45, 2.75) is 18.6 Å². The molecule has 6 nitrogen and oxygen atoms in total. The van der Waals surface area contributed by atoms with Gasteiger partial charge in [0.05, 0.1) is 11.9 Å². The maximum absolute atomic E-state index is 12.3. The molecular formula is C14H16N4O2S. The van der Waals surface area contributed by atoms with Gasteiger partial charge >= 0.3 is 0 Å². The highest BCUT2D eigenvalue weighted by Gasteiger charge is 2.26. The van der Waals surface area contributed by atoms with E-state index >= 15 is 0 Å². The van der Waals surface area contributed by atoms with Crippen molar-refractivity contribution in [2.75, 3.05) is 13.1 Å². The van der Waals surface area contributed by atoms with Gasteiger partial charge in [0.1, 0.15) is 5.75 Å². The van der Waals surface area contributed by atoms with E-state index in [9.17, 15) is 8.42 Å². The summed E-state index contributed by atoms with van der Waals surface area (Å²) < 4.78 is 26.1. The molecule has 0 amide bonds. The Hall–Kier alpha value is -1.86. The number of aromatic nitrogens is 3. The Morgan fingerprint density at radius 2 is 1.81 bits per heavy atom. The van der Waals surface area contributed by atoms with E-state index in [1.54, 1.807) is 0 Å². The van der Waals surface area contributed by atoms with E-state index < -0.39 is 10.0 Å². The Morgan fingerprint density at radius 3 is 2.52 bits per heavy atom. The zero-order chi connectivity index (χ0) is 14.7. The first-order valence-corrected chi connectivity index (χ1v) is 8.48. The molecule has 0 aliphatic carbocycles. The van der Waals surface area contributed by atoms with Crippen molar-refractivity contribution in [3.05, 3.63) is 42.2 Å². The molecule has 2 heterocycles. The summed E-state index contributed by atoms with van der Waals surface area (Å²) in [6, 6.07) is 9.41. The number of nitrogens with zero attached hydrogens (tertiary/aromatic N) is 4. The van der Waals surface area contributed by atoms with Crippen LogP contribution in [0.5, 0.6) is 0 Å². The summed E-state index contributed by atoms with van der Waals surface area (Å²) in [5.41, 5.74) is 1.25. The van der Waals surface area contributed by atoms with Crippen LogP contribution >= 0.6 is 0 Å². The predicted molar refractivity (Wildman–Crippen MR) is 78.7 cm³/mol. The first-order chi connectivity index (χ1) is 10.1. The van der Waals surface area contributed by atoms with Crippen LogP contribution in [-0.4, -0.2) is 41.0 Å². The number of hydrogen-bond donors (Lipinski definition) is 0. The molecule has 1 saturated heterocycles. The Balaban J connectivity index is 1.84. The first-order valence-electron chi connectivity index (χ1n) is 6.87. The van der Waals surface area contributed by atoms with E-state index in [0.717, 1.165) is 18.4 Å². The van der Waals surface area contributed by atoms with E-state index in [0.29, 0.717) is 24.6 Å². The smallest absolute Gasteiger partial charge is 0.219 e. The Morgan fingerprint density at radius 1 is 1.10 bits per heavy atom. The summed E-state index contributed by atoms with van der Waals surface area (Å²) in [7, 11) is -3.31. The molecule has 0 N–H and O–H groups in total. The minimum Gasteiger partial charge on any atom is -0.229 e. The number of rotatable bonds is 4. The van der Waals surface area contributed by atoms with E-state index in [-0.39, 0.29) is 5.75 Å². The molecule has 0 atom stereocenters. The highest BCUT2D eigenvalue weighted by molar-refractivity contribution is 7.88. The molecule has 3 rings (SSSR count). The van der Waals surface area contributed by atoms with Crippen molar-refractivity contribution in [3.8, 4) is 11.4 Å². The highest BCUT2D eigenvalue weighted by Crippen LogP contribution is 2.18. The van der Waals surface area contributed by atoms with Gasteiger partial charge in [-0.2, -0.15) is 5.10 Å². The lowest BCUT2D eigenvalue weighted by molar-refractivity contribution is 0.476. The third-order valence-corrected chi connectivity index (χ3v) is 5.24. The maximum atomic E-state index is 12.3. The van der Waals surface area contributed by atoms with Crippen molar-refractivity contribution in [3.63, 3.8) is 0 Å². The van der Waals surface area contributed by atoms with Gasteiger partial charge in [-0.3, -0.25) is 0 Å². The second-order valence-corrected chi connectivity index (χ2v) is 6.97. The minimum absolute atomic E-state index is 0.123. The van der Waals surface area contributed by atoms with Crippen LogP contribution < -0.4 is 0 Å². The fourth-order valence-electron chi connectivity index (χ4n) is 2.36. The van der Waals surface area contributed by atoms with Crippen LogP contribution in [0.1, 0.15) is 18.5 Å². The van der Waals surface area contributed by atoms with E-state index in [1.165, 1.54) is 10.5 Å². The normalized spacial score (nSPS) is 16.2. The standard InChI is InChI=1S/C14H16N4O2S/c19-21(20,18-8-4-5-9-18)11-13-10-15-17-14(16-13)12-6-2-1-3-7-12/h1-3,6-7,10H,4-5,8-9,11H2. The molecule has 0 spiro atoms. The summed E-state index contributed by atoms with van der Waals surface area (Å²) in [5, 5.41) is 7.84. The van der Waals surface area contributed by atoms with Crippen molar-refractivity contribution in [1.29, 1.82) is 0 Å². The van der Waals surface area contributed by atoms with E-state index in [2.05, 4.69) is 15.2 Å². The van der Waals surface area contributed by atoms with E-state index in [4.69, 9.17) is 0 Å². The van der Waals surface area contributed by atoms with E-state index in [1.807, 2.05) is 30.3 Å². The Kier molecular flexibility index (Phi) is 3.94. The topological polar surface area (TPSA) is 76.0 Å². The molecule has 0 unspecified atom stereocenters. The van der Waals surface area contributed by atoms with Gasteiger partial charge in [-0.1, -0.05) is 30.3 Å². The lowest BCUT2D eigenvalue weighted by Crippen LogP contribution is -2.29. The van der Waals surface area contributed by atoms with Gasteiger partial charge in [0.25, 0.3) is 0 Å². The monoisotopic (exact) mass is 304 g/mol. The third kappa shape index (κ3) is 3.25. The molecular weight excluding hydrogens is 288 g/mol. The highest BCUT2D eigenvalue weighted by atomic mass is 32.2. The summed E-state index contributed by atoms with van der Waals surface area (Å²) in [6.45, 7) is 1.21. The summed E-state index contributed by atoms with van der Waals surface area (Å²) in [5.74, 6) is 0.326. The molecule has 1 aromatic carbocycles. The molecule has 0 bridgehead atoms. The van der Waals surface area contributed by atoms with Crippen molar-refractivity contribution in [1.82, 2.24) is 19.5 Å². The van der Waals surface area contributed by atoms with Crippen molar-refractivity contribution >= 4 is 10.0 Å². The van der Waals surface area contributed by atoms with Crippen molar-refractivity contribution < 1.29 is 8.42 Å². The van der Waals surface area contributed by atoms with Crippen molar-refractivity contribution in [2.24, 2.45) is 0 Å². The summed E-state index contributed by atoms with van der Waals surface area (Å²) >= 11 is 0. The van der Waals surface area contributed by atoms with Crippen LogP contribution in [0.4, 0.5) is 0 Å². The van der Waals surface area contributed by atoms with Crippen LogP contribution in [0.15, 0.2) is 36.5 Å². The molecule has 1 fully saturated rings. The van der Waals surface area contributed by atoms with Crippen LogP contribution in [0.3, 0.4) is 0 Å². The molecule has 1 aliphatic rings. The zero-order valence-corrected chi connectivity index (χ0v) is 12.3. The maximum Gasteiger partial charge on any atom is 0.219 e. The molecule has 21 heavy (non-hydrogen) atoms. The van der Waals surface area contributed by atoms with Gasteiger partial charge in [-0.25, -0.2) is 17.7 Å². The summed E-state index contributed by atoms with van der Waals surface area (Å²) in [4.78, 5) is 4.32. The predicted octanol–water partition coefficient (Wildman–Crippen LogP) is 1.46. The number of sulfonamides is 1. The van der Waals surface area contributed by atoms with Crippen LogP contribution in [0.25, 0.3) is 11.4 Å². The van der Waals surface area contributed by atoms with Gasteiger partial charge in [0.2, 0.25) is 10.0 Å². The van der Waals surface area contributed by atoms with Gasteiger partial charge in [0, 0.05) is 18.7 Å². The average Bonchev–Trinajstić information content (AvgIpc) is 3.03. The molecule has 1 aromatic heterocycles. The molecule has 0 radical (unpaired) electrons. The third-order valence-electron chi connectivity index (χ3n) is 3.43. The van der Waals surface area contributed by atoms with Gasteiger partial charge in [-0.15, -0.1) is 5.10 Å². The summed E-state index contributed by atoms with van der Waals surface area (Å²) in [6.07, 6.45) is 3.27. The van der Waals surface area contributed by atoms with Gasteiger partial charge < -0.3 is 0 Å². The number of benzene rings is 1.